The van der Waals surface area contributed by atoms with Crippen molar-refractivity contribution < 1.29 is 9.13 Å². The first kappa shape index (κ1) is 12.9. The third-order valence-corrected chi connectivity index (χ3v) is 3.54. The van der Waals surface area contributed by atoms with Crippen molar-refractivity contribution in [1.29, 1.82) is 0 Å². The molecule has 0 radical (unpaired) electrons. The Morgan fingerprint density at radius 1 is 1.30 bits per heavy atom. The van der Waals surface area contributed by atoms with Gasteiger partial charge in [-0.15, -0.1) is 0 Å². The van der Waals surface area contributed by atoms with Crippen molar-refractivity contribution >= 4 is 32.9 Å². The second-order valence-corrected chi connectivity index (χ2v) is 5.14. The number of rotatable bonds is 2. The summed E-state index contributed by atoms with van der Waals surface area (Å²) in [7, 11) is 1.57. The maximum atomic E-state index is 13.8. The fraction of sp³-hybridized carbons (Fsp3) is 0.0714. The Morgan fingerprint density at radius 3 is 2.85 bits per heavy atom. The number of hydrogen-bond acceptors (Lipinski definition) is 3. The Bertz CT molecular complexity index is 800. The molecule has 0 spiro atoms. The van der Waals surface area contributed by atoms with Gasteiger partial charge in [0.1, 0.15) is 11.3 Å². The van der Waals surface area contributed by atoms with Gasteiger partial charge in [0, 0.05) is 4.47 Å². The number of nitrogens with zero attached hydrogens (tertiary/aromatic N) is 2. The molecule has 6 heteroatoms. The zero-order valence-corrected chi connectivity index (χ0v) is 12.2. The number of nitrogens with two attached hydrogens (primary N) is 1. The number of halogens is 2. The van der Waals surface area contributed by atoms with E-state index in [1.54, 1.807) is 23.8 Å². The molecule has 3 aromatic rings. The first-order valence-electron chi connectivity index (χ1n) is 5.88. The van der Waals surface area contributed by atoms with E-state index in [1.807, 2.05) is 18.2 Å². The lowest BCUT2D eigenvalue weighted by Gasteiger charge is -2.12. The van der Waals surface area contributed by atoms with Crippen LogP contribution < -0.4 is 10.5 Å². The maximum absolute atomic E-state index is 13.8. The second kappa shape index (κ2) is 4.79. The highest BCUT2D eigenvalue weighted by Crippen LogP contribution is 2.32. The molecule has 4 nitrogen and oxygen atoms in total. The molecular formula is C14H11BrFN3O. The third kappa shape index (κ3) is 1.92. The number of nitrogen functional groups attached to an aromatic ring is 1. The van der Waals surface area contributed by atoms with E-state index in [0.717, 1.165) is 4.47 Å². The predicted molar refractivity (Wildman–Crippen MR) is 79.7 cm³/mol. The average Bonchev–Trinajstić information content (AvgIpc) is 2.76. The summed E-state index contributed by atoms with van der Waals surface area (Å²) in [5.74, 6) is 0.437. The summed E-state index contributed by atoms with van der Waals surface area (Å²) in [5.41, 5.74) is 7.48. The smallest absolute Gasteiger partial charge is 0.206 e. The van der Waals surface area contributed by atoms with Gasteiger partial charge < -0.3 is 10.5 Å². The topological polar surface area (TPSA) is 53.1 Å². The lowest BCUT2D eigenvalue weighted by Crippen LogP contribution is -2.02. The fourth-order valence-corrected chi connectivity index (χ4v) is 2.52. The standard InChI is InChI=1S/C14H11BrFN3O/c1-20-12-6-5-8(15)7-11(12)19-10-4-2-3-9(16)13(10)18-14(19)17/h2-7H,1H3,(H2,17,18). The van der Waals surface area contributed by atoms with E-state index in [-0.39, 0.29) is 11.5 Å². The van der Waals surface area contributed by atoms with Gasteiger partial charge in [0.05, 0.1) is 18.3 Å². The van der Waals surface area contributed by atoms with Gasteiger partial charge in [0.15, 0.2) is 5.82 Å². The second-order valence-electron chi connectivity index (χ2n) is 4.23. The largest absolute Gasteiger partial charge is 0.495 e. The molecule has 1 heterocycles. The number of benzene rings is 2. The van der Waals surface area contributed by atoms with Crippen LogP contribution in [0.1, 0.15) is 0 Å². The summed E-state index contributed by atoms with van der Waals surface area (Å²) in [6.07, 6.45) is 0. The van der Waals surface area contributed by atoms with Crippen LogP contribution >= 0.6 is 15.9 Å². The quantitative estimate of drug-likeness (QED) is 0.779. The summed E-state index contributed by atoms with van der Waals surface area (Å²) in [6, 6.07) is 10.3. The SMILES string of the molecule is COc1ccc(Br)cc1-n1c(N)nc2c(F)cccc21. The number of aromatic nitrogens is 2. The minimum atomic E-state index is -0.401. The van der Waals surface area contributed by atoms with E-state index in [9.17, 15) is 4.39 Å². The Hall–Kier alpha value is -2.08. The van der Waals surface area contributed by atoms with E-state index in [2.05, 4.69) is 20.9 Å². The average molecular weight is 336 g/mol. The highest BCUT2D eigenvalue weighted by atomic mass is 79.9. The van der Waals surface area contributed by atoms with Crippen molar-refractivity contribution in [3.8, 4) is 11.4 Å². The lowest BCUT2D eigenvalue weighted by atomic mass is 10.2. The first-order valence-corrected chi connectivity index (χ1v) is 6.67. The van der Waals surface area contributed by atoms with Crippen LogP contribution in [0, 0.1) is 5.82 Å². The van der Waals surface area contributed by atoms with Crippen molar-refractivity contribution in [2.24, 2.45) is 0 Å². The summed E-state index contributed by atoms with van der Waals surface area (Å²) < 4.78 is 21.7. The van der Waals surface area contributed by atoms with Crippen LogP contribution in [0.5, 0.6) is 5.75 Å². The predicted octanol–water partition coefficient (Wildman–Crippen LogP) is 3.52. The van der Waals surface area contributed by atoms with Crippen molar-refractivity contribution in [3.05, 3.63) is 46.7 Å². The molecule has 20 heavy (non-hydrogen) atoms. The molecule has 0 amide bonds. The summed E-state index contributed by atoms with van der Waals surface area (Å²) in [4.78, 5) is 4.09. The van der Waals surface area contributed by atoms with Crippen LogP contribution in [0.15, 0.2) is 40.9 Å². The van der Waals surface area contributed by atoms with Gasteiger partial charge in [-0.05, 0) is 30.3 Å². The van der Waals surface area contributed by atoms with Gasteiger partial charge in [-0.1, -0.05) is 22.0 Å². The van der Waals surface area contributed by atoms with E-state index in [1.165, 1.54) is 6.07 Å². The van der Waals surface area contributed by atoms with Crippen LogP contribution in [0.2, 0.25) is 0 Å². The maximum Gasteiger partial charge on any atom is 0.206 e. The summed E-state index contributed by atoms with van der Waals surface area (Å²) in [5, 5.41) is 0. The monoisotopic (exact) mass is 335 g/mol. The molecule has 0 aliphatic heterocycles. The highest BCUT2D eigenvalue weighted by Gasteiger charge is 2.16. The van der Waals surface area contributed by atoms with Gasteiger partial charge in [0.25, 0.3) is 0 Å². The number of fused-ring (bicyclic) bond motifs is 1. The minimum absolute atomic E-state index is 0.210. The molecule has 0 aliphatic carbocycles. The summed E-state index contributed by atoms with van der Waals surface area (Å²) >= 11 is 3.41. The Labute approximate surface area is 123 Å². The Morgan fingerprint density at radius 2 is 2.10 bits per heavy atom. The number of hydrogen-bond donors (Lipinski definition) is 1. The Balaban J connectivity index is 2.38. The molecule has 0 unspecified atom stereocenters. The molecular weight excluding hydrogens is 325 g/mol. The number of imidazole rings is 1. The lowest BCUT2D eigenvalue weighted by molar-refractivity contribution is 0.413. The van der Waals surface area contributed by atoms with E-state index in [0.29, 0.717) is 17.0 Å². The first-order chi connectivity index (χ1) is 9.61. The zero-order valence-electron chi connectivity index (χ0n) is 10.6. The molecule has 0 saturated carbocycles. The van der Waals surface area contributed by atoms with Crippen LogP contribution in [0.4, 0.5) is 10.3 Å². The van der Waals surface area contributed by atoms with Crippen molar-refractivity contribution in [2.75, 3.05) is 12.8 Å². The molecule has 102 valence electrons. The molecule has 0 saturated heterocycles. The van der Waals surface area contributed by atoms with E-state index < -0.39 is 5.82 Å². The number of anilines is 1. The molecule has 1 aromatic heterocycles. The van der Waals surface area contributed by atoms with Gasteiger partial charge in [0.2, 0.25) is 5.95 Å². The molecule has 2 N–H and O–H groups in total. The molecule has 0 bridgehead atoms. The number of para-hydroxylation sites is 1. The van der Waals surface area contributed by atoms with E-state index in [4.69, 9.17) is 10.5 Å². The van der Waals surface area contributed by atoms with Gasteiger partial charge >= 0.3 is 0 Å². The molecule has 3 rings (SSSR count). The van der Waals surface area contributed by atoms with Gasteiger partial charge in [-0.3, -0.25) is 4.57 Å². The zero-order chi connectivity index (χ0) is 14.3. The minimum Gasteiger partial charge on any atom is -0.495 e. The molecule has 2 aromatic carbocycles. The van der Waals surface area contributed by atoms with Crippen molar-refractivity contribution in [2.45, 2.75) is 0 Å². The van der Waals surface area contributed by atoms with E-state index >= 15 is 0 Å². The summed E-state index contributed by atoms with van der Waals surface area (Å²) in [6.45, 7) is 0. The molecule has 0 atom stereocenters. The van der Waals surface area contributed by atoms with Gasteiger partial charge in [-0.25, -0.2) is 9.37 Å². The Kier molecular flexibility index (Phi) is 3.10. The van der Waals surface area contributed by atoms with Crippen LogP contribution in [-0.2, 0) is 0 Å². The van der Waals surface area contributed by atoms with Crippen molar-refractivity contribution in [1.82, 2.24) is 9.55 Å². The van der Waals surface area contributed by atoms with Crippen molar-refractivity contribution in [3.63, 3.8) is 0 Å². The van der Waals surface area contributed by atoms with Gasteiger partial charge in [-0.2, -0.15) is 0 Å². The van der Waals surface area contributed by atoms with Crippen LogP contribution in [0.3, 0.4) is 0 Å². The van der Waals surface area contributed by atoms with Crippen LogP contribution in [0.25, 0.3) is 16.7 Å². The number of ether oxygens (including phenoxy) is 1. The fourth-order valence-electron chi connectivity index (χ4n) is 2.17. The third-order valence-electron chi connectivity index (χ3n) is 3.04. The van der Waals surface area contributed by atoms with Crippen LogP contribution in [-0.4, -0.2) is 16.7 Å². The molecule has 0 aliphatic rings. The normalized spacial score (nSPS) is 10.9. The molecule has 0 fully saturated rings. The highest BCUT2D eigenvalue weighted by molar-refractivity contribution is 9.10. The number of methoxy groups -OCH3 is 1.